The third-order valence-corrected chi connectivity index (χ3v) is 6.21. The second kappa shape index (κ2) is 9.81. The van der Waals surface area contributed by atoms with Gasteiger partial charge < -0.3 is 19.6 Å². The highest BCUT2D eigenvalue weighted by molar-refractivity contribution is 5.93. The van der Waals surface area contributed by atoms with Gasteiger partial charge in [-0.15, -0.1) is 0 Å². The van der Waals surface area contributed by atoms with Crippen LogP contribution in [0.5, 0.6) is 0 Å². The van der Waals surface area contributed by atoms with E-state index in [1.165, 1.54) is 0 Å². The largest absolute Gasteiger partial charge is 0.449 e. The maximum absolute atomic E-state index is 13.1. The van der Waals surface area contributed by atoms with Crippen molar-refractivity contribution in [1.82, 2.24) is 25.1 Å². The Hall–Kier alpha value is -3.82. The molecular weight excluding hydrogens is 446 g/mol. The van der Waals surface area contributed by atoms with Crippen LogP contribution in [0.25, 0.3) is 17.1 Å². The van der Waals surface area contributed by atoms with Crippen molar-refractivity contribution in [2.45, 2.75) is 38.8 Å². The number of hydrogen-bond acceptors (Lipinski definition) is 7. The third-order valence-electron chi connectivity index (χ3n) is 6.21. The minimum absolute atomic E-state index is 0.208. The van der Waals surface area contributed by atoms with Crippen LogP contribution >= 0.6 is 0 Å². The minimum Gasteiger partial charge on any atom is -0.449 e. The molecule has 3 aromatic heterocycles. The fourth-order valence-electron chi connectivity index (χ4n) is 4.21. The lowest BCUT2D eigenvalue weighted by Crippen LogP contribution is -2.48. The van der Waals surface area contributed by atoms with Gasteiger partial charge in [0.1, 0.15) is 17.7 Å². The van der Waals surface area contributed by atoms with Gasteiger partial charge in [-0.3, -0.25) is 4.79 Å². The second-order valence-electron chi connectivity index (χ2n) is 8.70. The van der Waals surface area contributed by atoms with E-state index in [4.69, 9.17) is 9.15 Å². The second-order valence-corrected chi connectivity index (χ2v) is 8.70. The first-order chi connectivity index (χ1) is 17.0. The number of amides is 1. The van der Waals surface area contributed by atoms with Crippen molar-refractivity contribution < 1.29 is 19.1 Å². The van der Waals surface area contributed by atoms with Gasteiger partial charge in [0.25, 0.3) is 5.91 Å². The predicted octanol–water partition coefficient (Wildman–Crippen LogP) is 3.01. The molecule has 9 nitrogen and oxygen atoms in total. The zero-order valence-electron chi connectivity index (χ0n) is 19.6. The Balaban J connectivity index is 1.44. The van der Waals surface area contributed by atoms with Crippen LogP contribution < -0.4 is 5.32 Å². The fourth-order valence-corrected chi connectivity index (χ4v) is 4.21. The summed E-state index contributed by atoms with van der Waals surface area (Å²) in [5.41, 5.74) is 5.04. The lowest BCUT2D eigenvalue weighted by Gasteiger charge is -2.28. The Kier molecular flexibility index (Phi) is 6.43. The van der Waals surface area contributed by atoms with E-state index in [-0.39, 0.29) is 24.2 Å². The number of ether oxygens (including phenoxy) is 1. The summed E-state index contributed by atoms with van der Waals surface area (Å²) in [5.74, 6) is 0.893. The molecule has 35 heavy (non-hydrogen) atoms. The summed E-state index contributed by atoms with van der Waals surface area (Å²) in [6.45, 7) is 4.50. The van der Waals surface area contributed by atoms with Gasteiger partial charge in [0.2, 0.25) is 0 Å². The zero-order valence-corrected chi connectivity index (χ0v) is 19.6. The van der Waals surface area contributed by atoms with E-state index in [0.717, 1.165) is 27.9 Å². The van der Waals surface area contributed by atoms with Crippen LogP contribution in [0, 0.1) is 13.8 Å². The molecule has 0 spiro atoms. The summed E-state index contributed by atoms with van der Waals surface area (Å²) in [6.07, 6.45) is 5.55. The van der Waals surface area contributed by atoms with Crippen molar-refractivity contribution in [3.63, 3.8) is 0 Å². The van der Waals surface area contributed by atoms with E-state index in [1.807, 2.05) is 50.2 Å². The average molecular weight is 474 g/mol. The maximum Gasteiger partial charge on any atom is 0.270 e. The Morgan fingerprint density at radius 2 is 2.06 bits per heavy atom. The molecule has 1 saturated heterocycles. The number of oxazole rings is 1. The standard InChI is InChI=1S/C26H27N5O4/c1-16-20(12-18-4-6-19(7-5-18)23-14-35-17(2)28-23)13-22(29-25(16)31-10-3-9-27-31)26(33)30-21-8-11-34-15-24(21)32/h3-7,9-10,13-14,21,24,32H,8,11-12,15H2,1-2H3,(H,30,33)/t21-,24-/m0/s1. The molecule has 0 unspecified atom stereocenters. The van der Waals surface area contributed by atoms with Gasteiger partial charge in [-0.05, 0) is 48.6 Å². The first-order valence-electron chi connectivity index (χ1n) is 11.6. The number of benzene rings is 1. The van der Waals surface area contributed by atoms with Crippen molar-refractivity contribution in [3.05, 3.63) is 83.3 Å². The van der Waals surface area contributed by atoms with Crippen LogP contribution in [-0.2, 0) is 11.2 Å². The molecule has 0 aliphatic carbocycles. The summed E-state index contributed by atoms with van der Waals surface area (Å²) in [5, 5.41) is 17.4. The fraction of sp³-hybridized carbons (Fsp3) is 0.308. The van der Waals surface area contributed by atoms with E-state index >= 15 is 0 Å². The molecular formula is C26H27N5O4. The van der Waals surface area contributed by atoms with Crippen molar-refractivity contribution in [1.29, 1.82) is 0 Å². The smallest absolute Gasteiger partial charge is 0.270 e. The Morgan fingerprint density at radius 1 is 1.23 bits per heavy atom. The summed E-state index contributed by atoms with van der Waals surface area (Å²) in [7, 11) is 0. The molecule has 2 atom stereocenters. The summed E-state index contributed by atoms with van der Waals surface area (Å²) in [6, 6.07) is 11.4. The predicted molar refractivity (Wildman–Crippen MR) is 128 cm³/mol. The van der Waals surface area contributed by atoms with Gasteiger partial charge >= 0.3 is 0 Å². The number of aliphatic hydroxyl groups is 1. The highest BCUT2D eigenvalue weighted by Gasteiger charge is 2.26. The molecule has 1 aliphatic heterocycles. The van der Waals surface area contributed by atoms with E-state index in [9.17, 15) is 9.90 Å². The van der Waals surface area contributed by atoms with Gasteiger partial charge in [-0.1, -0.05) is 24.3 Å². The van der Waals surface area contributed by atoms with Crippen LogP contribution in [0.15, 0.2) is 59.5 Å². The molecule has 180 valence electrons. The molecule has 0 saturated carbocycles. The van der Waals surface area contributed by atoms with Crippen LogP contribution in [0.4, 0.5) is 0 Å². The topological polar surface area (TPSA) is 115 Å². The monoisotopic (exact) mass is 473 g/mol. The average Bonchev–Trinajstić information content (AvgIpc) is 3.54. The van der Waals surface area contributed by atoms with Crippen LogP contribution in [0.3, 0.4) is 0 Å². The molecule has 9 heteroatoms. The normalized spacial score (nSPS) is 17.9. The highest BCUT2D eigenvalue weighted by Crippen LogP contribution is 2.24. The number of aliphatic hydroxyl groups excluding tert-OH is 1. The SMILES string of the molecule is Cc1nc(-c2ccc(Cc3cc(C(=O)N[C@H]4CCOC[C@@H]4O)nc(-n4cccn4)c3C)cc2)co1. The molecule has 4 aromatic rings. The van der Waals surface area contributed by atoms with Crippen molar-refractivity contribution >= 4 is 5.91 Å². The van der Waals surface area contributed by atoms with E-state index in [1.54, 1.807) is 23.3 Å². The lowest BCUT2D eigenvalue weighted by atomic mass is 9.98. The molecule has 4 heterocycles. The number of pyridine rings is 1. The molecule has 1 amide bonds. The van der Waals surface area contributed by atoms with Crippen molar-refractivity contribution in [2.24, 2.45) is 0 Å². The van der Waals surface area contributed by atoms with Gasteiger partial charge in [0.05, 0.1) is 18.8 Å². The zero-order chi connectivity index (χ0) is 24.4. The Labute approximate surface area is 202 Å². The van der Waals surface area contributed by atoms with Crippen LogP contribution in [-0.4, -0.2) is 56.1 Å². The molecule has 5 rings (SSSR count). The summed E-state index contributed by atoms with van der Waals surface area (Å²) in [4.78, 5) is 22.1. The van der Waals surface area contributed by atoms with Crippen molar-refractivity contribution in [3.8, 4) is 17.1 Å². The number of nitrogens with zero attached hydrogens (tertiary/aromatic N) is 4. The molecule has 0 bridgehead atoms. The first-order valence-corrected chi connectivity index (χ1v) is 11.6. The third kappa shape index (κ3) is 5.01. The number of aryl methyl sites for hydroxylation is 1. The summed E-state index contributed by atoms with van der Waals surface area (Å²) < 4.78 is 12.2. The van der Waals surface area contributed by atoms with Crippen LogP contribution in [0.1, 0.15) is 39.5 Å². The highest BCUT2D eigenvalue weighted by atomic mass is 16.5. The quantitative estimate of drug-likeness (QED) is 0.442. The molecule has 2 N–H and O–H groups in total. The van der Waals surface area contributed by atoms with E-state index < -0.39 is 6.10 Å². The Bertz CT molecular complexity index is 1310. The minimum atomic E-state index is -0.741. The molecule has 1 aromatic carbocycles. The number of rotatable bonds is 6. The number of carbonyl (C=O) groups excluding carboxylic acids is 1. The first kappa shape index (κ1) is 22.9. The number of hydrogen-bond donors (Lipinski definition) is 2. The van der Waals surface area contributed by atoms with Gasteiger partial charge in [0, 0.05) is 31.5 Å². The van der Waals surface area contributed by atoms with Gasteiger partial charge in [0.15, 0.2) is 11.7 Å². The number of carbonyl (C=O) groups is 1. The molecule has 1 fully saturated rings. The van der Waals surface area contributed by atoms with Gasteiger partial charge in [-0.25, -0.2) is 14.6 Å². The maximum atomic E-state index is 13.1. The van der Waals surface area contributed by atoms with E-state index in [0.29, 0.717) is 31.2 Å². The van der Waals surface area contributed by atoms with Gasteiger partial charge in [-0.2, -0.15) is 5.10 Å². The lowest BCUT2D eigenvalue weighted by molar-refractivity contribution is -0.0261. The van der Waals surface area contributed by atoms with Crippen molar-refractivity contribution in [2.75, 3.05) is 13.2 Å². The van der Waals surface area contributed by atoms with E-state index in [2.05, 4.69) is 20.4 Å². The molecule has 1 aliphatic rings. The Morgan fingerprint density at radius 3 is 2.74 bits per heavy atom. The number of nitrogens with one attached hydrogen (secondary N) is 1. The van der Waals surface area contributed by atoms with Crippen LogP contribution in [0.2, 0.25) is 0 Å². The molecule has 0 radical (unpaired) electrons. The number of aromatic nitrogens is 4. The summed E-state index contributed by atoms with van der Waals surface area (Å²) >= 11 is 0.